The molecule has 0 unspecified atom stereocenters. The number of benzene rings is 1. The molecule has 0 saturated heterocycles. The molecule has 0 amide bonds. The standard InChI is InChI=1S/C20H23FN2O3S/c1-13(2)9-18(19-11-15-10-16(21)12-22-20(15)23-19)14-3-5-17(6-4-14)27(25,26)8-7-24/h3-6,10-13,18,24H,7-9H2,1-2H3,(H,22,23)/t18-/m1/s1. The van der Waals surface area contributed by atoms with Crippen molar-refractivity contribution in [2.45, 2.75) is 31.1 Å². The SMILES string of the molecule is CC(C)C[C@H](c1ccc(S(=O)(=O)CCO)cc1)c1cc2cc(F)cnc2[nH]1. The summed E-state index contributed by atoms with van der Waals surface area (Å²) in [5, 5.41) is 9.64. The van der Waals surface area contributed by atoms with Crippen LogP contribution in [0.2, 0.25) is 0 Å². The van der Waals surface area contributed by atoms with Crippen LogP contribution in [0.25, 0.3) is 11.0 Å². The highest BCUT2D eigenvalue weighted by atomic mass is 32.2. The summed E-state index contributed by atoms with van der Waals surface area (Å²) in [6, 6.07) is 10.1. The molecular formula is C20H23FN2O3S. The number of aromatic nitrogens is 2. The molecule has 2 aromatic heterocycles. The molecule has 0 aliphatic rings. The molecule has 5 nitrogen and oxygen atoms in total. The Bertz CT molecular complexity index is 1030. The van der Waals surface area contributed by atoms with E-state index in [0.717, 1.165) is 17.7 Å². The Morgan fingerprint density at radius 2 is 1.89 bits per heavy atom. The number of H-pyrrole nitrogens is 1. The third-order valence-corrected chi connectivity index (χ3v) is 6.25. The van der Waals surface area contributed by atoms with Crippen LogP contribution in [0.5, 0.6) is 0 Å². The van der Waals surface area contributed by atoms with Crippen LogP contribution < -0.4 is 0 Å². The molecule has 1 aromatic carbocycles. The third-order valence-electron chi connectivity index (χ3n) is 4.54. The second-order valence-corrected chi connectivity index (χ2v) is 9.22. The molecule has 0 spiro atoms. The fourth-order valence-corrected chi connectivity index (χ4v) is 4.28. The zero-order valence-electron chi connectivity index (χ0n) is 15.3. The van der Waals surface area contributed by atoms with Gasteiger partial charge in [-0.25, -0.2) is 17.8 Å². The Balaban J connectivity index is 1.99. The number of aliphatic hydroxyl groups is 1. The highest BCUT2D eigenvalue weighted by Crippen LogP contribution is 2.33. The molecule has 0 saturated carbocycles. The summed E-state index contributed by atoms with van der Waals surface area (Å²) in [4.78, 5) is 7.55. The highest BCUT2D eigenvalue weighted by Gasteiger charge is 2.20. The van der Waals surface area contributed by atoms with Crippen molar-refractivity contribution < 1.29 is 17.9 Å². The molecule has 0 aliphatic carbocycles. The van der Waals surface area contributed by atoms with Crippen molar-refractivity contribution >= 4 is 20.9 Å². The Labute approximate surface area is 158 Å². The zero-order chi connectivity index (χ0) is 19.6. The van der Waals surface area contributed by atoms with Gasteiger partial charge in [0.15, 0.2) is 9.84 Å². The second kappa shape index (κ2) is 7.78. The second-order valence-electron chi connectivity index (χ2n) is 7.11. The summed E-state index contributed by atoms with van der Waals surface area (Å²) in [7, 11) is -3.48. The molecule has 2 N–H and O–H groups in total. The van der Waals surface area contributed by atoms with Crippen LogP contribution in [0.3, 0.4) is 0 Å². The van der Waals surface area contributed by atoms with Crippen LogP contribution in [-0.4, -0.2) is 35.9 Å². The molecule has 1 atom stereocenters. The first-order chi connectivity index (χ1) is 12.8. The van der Waals surface area contributed by atoms with Crippen molar-refractivity contribution in [3.8, 4) is 0 Å². The number of rotatable bonds is 7. The van der Waals surface area contributed by atoms with Crippen LogP contribution in [-0.2, 0) is 9.84 Å². The van der Waals surface area contributed by atoms with Gasteiger partial charge in [-0.15, -0.1) is 0 Å². The number of hydrogen-bond donors (Lipinski definition) is 2. The molecule has 2 heterocycles. The van der Waals surface area contributed by atoms with E-state index in [0.29, 0.717) is 17.0 Å². The largest absolute Gasteiger partial charge is 0.395 e. The lowest BCUT2D eigenvalue weighted by Crippen LogP contribution is -2.11. The first-order valence-electron chi connectivity index (χ1n) is 8.88. The van der Waals surface area contributed by atoms with Gasteiger partial charge < -0.3 is 10.1 Å². The lowest BCUT2D eigenvalue weighted by Gasteiger charge is -2.19. The predicted molar refractivity (Wildman–Crippen MR) is 103 cm³/mol. The predicted octanol–water partition coefficient (Wildman–Crippen LogP) is 3.65. The number of aromatic amines is 1. The van der Waals surface area contributed by atoms with E-state index in [1.807, 2.05) is 6.07 Å². The van der Waals surface area contributed by atoms with Gasteiger partial charge in [0, 0.05) is 17.0 Å². The van der Waals surface area contributed by atoms with E-state index in [9.17, 15) is 12.8 Å². The molecule has 27 heavy (non-hydrogen) atoms. The van der Waals surface area contributed by atoms with Crippen LogP contribution in [0, 0.1) is 11.7 Å². The number of nitrogens with one attached hydrogen (secondary N) is 1. The van der Waals surface area contributed by atoms with E-state index in [-0.39, 0.29) is 22.4 Å². The molecular weight excluding hydrogens is 367 g/mol. The van der Waals surface area contributed by atoms with Crippen molar-refractivity contribution in [1.29, 1.82) is 0 Å². The fraction of sp³-hybridized carbons (Fsp3) is 0.350. The maximum atomic E-state index is 13.4. The van der Waals surface area contributed by atoms with Crippen molar-refractivity contribution in [2.24, 2.45) is 5.92 Å². The molecule has 144 valence electrons. The van der Waals surface area contributed by atoms with E-state index < -0.39 is 16.4 Å². The molecule has 0 fully saturated rings. The van der Waals surface area contributed by atoms with Crippen LogP contribution >= 0.6 is 0 Å². The average molecular weight is 390 g/mol. The summed E-state index contributed by atoms with van der Waals surface area (Å²) in [6.07, 6.45) is 2.03. The van der Waals surface area contributed by atoms with Gasteiger partial charge in [-0.3, -0.25) is 0 Å². The van der Waals surface area contributed by atoms with Gasteiger partial charge in [0.2, 0.25) is 0 Å². The average Bonchev–Trinajstić information content (AvgIpc) is 3.02. The number of halogens is 1. The number of sulfone groups is 1. The summed E-state index contributed by atoms with van der Waals surface area (Å²) >= 11 is 0. The number of fused-ring (bicyclic) bond motifs is 1. The van der Waals surface area contributed by atoms with Gasteiger partial charge in [0.05, 0.1) is 23.5 Å². The van der Waals surface area contributed by atoms with Crippen molar-refractivity contribution in [1.82, 2.24) is 9.97 Å². The quantitative estimate of drug-likeness (QED) is 0.645. The molecule has 0 aliphatic heterocycles. The van der Waals surface area contributed by atoms with Gasteiger partial charge in [-0.05, 0) is 42.2 Å². The van der Waals surface area contributed by atoms with Crippen LogP contribution in [0.1, 0.15) is 37.4 Å². The lowest BCUT2D eigenvalue weighted by molar-refractivity contribution is 0.319. The Kier molecular flexibility index (Phi) is 5.62. The third kappa shape index (κ3) is 4.36. The smallest absolute Gasteiger partial charge is 0.180 e. The van der Waals surface area contributed by atoms with E-state index in [4.69, 9.17) is 5.11 Å². The number of nitrogens with zero attached hydrogens (tertiary/aromatic N) is 1. The maximum Gasteiger partial charge on any atom is 0.180 e. The van der Waals surface area contributed by atoms with E-state index >= 15 is 0 Å². The number of aliphatic hydroxyl groups excluding tert-OH is 1. The van der Waals surface area contributed by atoms with Crippen LogP contribution in [0.4, 0.5) is 4.39 Å². The van der Waals surface area contributed by atoms with E-state index in [1.54, 1.807) is 24.3 Å². The minimum absolute atomic E-state index is 0.0110. The molecule has 3 aromatic rings. The molecule has 0 bridgehead atoms. The van der Waals surface area contributed by atoms with Crippen molar-refractivity contribution in [3.05, 3.63) is 59.7 Å². The molecule has 7 heteroatoms. The summed E-state index contributed by atoms with van der Waals surface area (Å²) < 4.78 is 37.6. The van der Waals surface area contributed by atoms with Crippen molar-refractivity contribution in [2.75, 3.05) is 12.4 Å². The number of hydrogen-bond acceptors (Lipinski definition) is 4. The highest BCUT2D eigenvalue weighted by molar-refractivity contribution is 7.91. The van der Waals surface area contributed by atoms with Gasteiger partial charge in [0.1, 0.15) is 11.5 Å². The molecule has 3 rings (SSSR count). The summed E-state index contributed by atoms with van der Waals surface area (Å²) in [5.41, 5.74) is 2.52. The topological polar surface area (TPSA) is 83.1 Å². The first kappa shape index (κ1) is 19.5. The Morgan fingerprint density at radius 3 is 2.52 bits per heavy atom. The lowest BCUT2D eigenvalue weighted by atomic mass is 9.88. The summed E-state index contributed by atoms with van der Waals surface area (Å²) in [5.74, 6) is -0.256. The van der Waals surface area contributed by atoms with Crippen molar-refractivity contribution in [3.63, 3.8) is 0 Å². The van der Waals surface area contributed by atoms with E-state index in [2.05, 4.69) is 23.8 Å². The minimum Gasteiger partial charge on any atom is -0.395 e. The minimum atomic E-state index is -3.48. The normalized spacial score (nSPS) is 13.4. The Morgan fingerprint density at radius 1 is 1.19 bits per heavy atom. The number of pyridine rings is 1. The van der Waals surface area contributed by atoms with Gasteiger partial charge >= 0.3 is 0 Å². The monoisotopic (exact) mass is 390 g/mol. The van der Waals surface area contributed by atoms with Gasteiger partial charge in [-0.1, -0.05) is 26.0 Å². The van der Waals surface area contributed by atoms with E-state index in [1.165, 1.54) is 12.3 Å². The van der Waals surface area contributed by atoms with Crippen LogP contribution in [0.15, 0.2) is 47.5 Å². The molecule has 0 radical (unpaired) electrons. The zero-order valence-corrected chi connectivity index (χ0v) is 16.1. The fourth-order valence-electron chi connectivity index (χ4n) is 3.26. The van der Waals surface area contributed by atoms with Gasteiger partial charge in [0.25, 0.3) is 0 Å². The first-order valence-corrected chi connectivity index (χ1v) is 10.5. The summed E-state index contributed by atoms with van der Waals surface area (Å²) in [6.45, 7) is 3.83. The Hall–Kier alpha value is -2.25. The maximum absolute atomic E-state index is 13.4. The van der Waals surface area contributed by atoms with Gasteiger partial charge in [-0.2, -0.15) is 0 Å².